The van der Waals surface area contributed by atoms with E-state index in [-0.39, 0.29) is 42.9 Å². The number of nitrogens with one attached hydrogen (secondary N) is 1. The second-order valence-electron chi connectivity index (χ2n) is 16.8. The molecule has 1 aliphatic heterocycles. The second kappa shape index (κ2) is 26.2. The van der Waals surface area contributed by atoms with Crippen LogP contribution < -0.4 is 20.4 Å². The number of nitro groups is 1. The van der Waals surface area contributed by atoms with Crippen LogP contribution in [0.25, 0.3) is 44.4 Å². The molecule has 0 radical (unpaired) electrons. The van der Waals surface area contributed by atoms with E-state index in [0.717, 1.165) is 70.3 Å². The quantitative estimate of drug-likeness (QED) is 0.00790. The molecule has 68 heavy (non-hydrogen) atoms. The van der Waals surface area contributed by atoms with Crippen molar-refractivity contribution in [1.29, 1.82) is 0 Å². The Hall–Kier alpha value is -5.68. The standard InChI is InChI=1S/C49H65N6O12P/c1-5-27-63-68(4,60)64-34-37(33-61-28-17-15-13-11-9-8-10-12-14-16-26-50-41-24-25-42(55(58)59)49-48(41)52-67-53-49)65-46(57)19-18-29-62-36-21-22-38-39(31-36)47-45(32-43(38)56)66-44-30-35(54(6-2)7-3)20-23-40(44)51-47/h20-25,30-32,37,50H,5-19,26-29,33-34H2,1-4H3/t37-,68?/m1/s1. The molecule has 1 N–H and O–H groups in total. The van der Waals surface area contributed by atoms with E-state index in [0.29, 0.717) is 76.3 Å². The Morgan fingerprint density at radius 2 is 1.56 bits per heavy atom. The maximum atomic E-state index is 13.1. The normalized spacial score (nSPS) is 13.0. The van der Waals surface area contributed by atoms with Crippen LogP contribution in [0.2, 0.25) is 0 Å². The molecule has 3 aromatic carbocycles. The van der Waals surface area contributed by atoms with Crippen molar-refractivity contribution in [3.63, 3.8) is 0 Å². The lowest BCUT2D eigenvalue weighted by atomic mass is 10.0. The number of carbonyl (C=O) groups excluding carboxylic acids is 1. The molecule has 2 aliphatic rings. The fourth-order valence-corrected chi connectivity index (χ4v) is 8.95. The summed E-state index contributed by atoms with van der Waals surface area (Å²) in [5.74, 6) is 0.455. The predicted molar refractivity (Wildman–Crippen MR) is 262 cm³/mol. The van der Waals surface area contributed by atoms with Gasteiger partial charge < -0.3 is 37.9 Å². The first kappa shape index (κ1) is 51.7. The molecular formula is C49H65N6O12P. The van der Waals surface area contributed by atoms with Crippen LogP contribution in [0.5, 0.6) is 5.75 Å². The van der Waals surface area contributed by atoms with Crippen LogP contribution in [-0.2, 0) is 27.9 Å². The van der Waals surface area contributed by atoms with Crippen LogP contribution in [0.3, 0.4) is 0 Å². The fraction of sp³-hybridized carbons (Fsp3) is 0.531. The summed E-state index contributed by atoms with van der Waals surface area (Å²) in [4.78, 5) is 43.9. The van der Waals surface area contributed by atoms with Crippen molar-refractivity contribution in [2.75, 3.05) is 69.6 Å². The Bertz CT molecular complexity index is 2630. The third kappa shape index (κ3) is 14.9. The van der Waals surface area contributed by atoms with E-state index in [1.807, 2.05) is 25.1 Å². The lowest BCUT2D eigenvalue weighted by molar-refractivity contribution is -0.383. The molecule has 0 saturated carbocycles. The van der Waals surface area contributed by atoms with E-state index in [9.17, 15) is 24.3 Å². The number of nitro benzene ring substituents is 1. The number of anilines is 2. The summed E-state index contributed by atoms with van der Waals surface area (Å²) in [6.45, 7) is 10.9. The van der Waals surface area contributed by atoms with Gasteiger partial charge in [-0.1, -0.05) is 58.3 Å². The summed E-state index contributed by atoms with van der Waals surface area (Å²) in [5, 5.41) is 23.1. The molecule has 0 fully saturated rings. The monoisotopic (exact) mass is 960 g/mol. The Morgan fingerprint density at radius 1 is 0.824 bits per heavy atom. The average molecular weight is 961 g/mol. The van der Waals surface area contributed by atoms with E-state index >= 15 is 0 Å². The molecule has 1 unspecified atom stereocenters. The number of ether oxygens (including phenoxy) is 3. The highest BCUT2D eigenvalue weighted by Gasteiger charge is 2.24. The maximum absolute atomic E-state index is 13.1. The molecule has 0 spiro atoms. The van der Waals surface area contributed by atoms with Gasteiger partial charge in [0, 0.05) is 74.0 Å². The van der Waals surface area contributed by atoms with E-state index < -0.39 is 24.6 Å². The van der Waals surface area contributed by atoms with E-state index in [1.165, 1.54) is 38.1 Å². The Kier molecular flexibility index (Phi) is 19.9. The zero-order chi connectivity index (χ0) is 48.3. The SMILES string of the molecule is CCCOP(C)(=O)OC[C@@H](COCCCCCCCCCCCCNc1ccc([N+](=O)[O-])c2nonc12)OC(=O)CCCOc1ccc2c(=O)cc3oc4cc(N(CC)CC)ccc4nc-3c2c1. The molecule has 4 aromatic rings. The summed E-state index contributed by atoms with van der Waals surface area (Å²) < 4.78 is 52.4. The van der Waals surface area contributed by atoms with Gasteiger partial charge in [-0.25, -0.2) is 9.61 Å². The number of non-ortho nitro benzene ring substituents is 1. The second-order valence-corrected chi connectivity index (χ2v) is 18.9. The van der Waals surface area contributed by atoms with Crippen LogP contribution in [0, 0.1) is 10.1 Å². The van der Waals surface area contributed by atoms with Gasteiger partial charge in [0.25, 0.3) is 0 Å². The minimum absolute atomic E-state index is 0.0723. The number of nitrogens with zero attached hydrogens (tertiary/aromatic N) is 5. The van der Waals surface area contributed by atoms with Gasteiger partial charge in [0.2, 0.25) is 5.52 Å². The van der Waals surface area contributed by atoms with Crippen LogP contribution in [-0.4, -0.2) is 91.6 Å². The van der Waals surface area contributed by atoms with Crippen LogP contribution in [0.15, 0.2) is 68.4 Å². The number of unbranched alkanes of at least 4 members (excludes halogenated alkanes) is 9. The van der Waals surface area contributed by atoms with Crippen LogP contribution in [0.1, 0.15) is 104 Å². The molecule has 2 atom stereocenters. The van der Waals surface area contributed by atoms with Crippen molar-refractivity contribution in [3.05, 3.63) is 74.9 Å². The van der Waals surface area contributed by atoms with E-state index in [2.05, 4.69) is 34.4 Å². The topological polar surface area (TPSA) is 221 Å². The lowest BCUT2D eigenvalue weighted by Gasteiger charge is -2.21. The van der Waals surface area contributed by atoms with Crippen molar-refractivity contribution >= 4 is 63.5 Å². The summed E-state index contributed by atoms with van der Waals surface area (Å²) >= 11 is 0. The van der Waals surface area contributed by atoms with Crippen molar-refractivity contribution in [2.24, 2.45) is 0 Å². The van der Waals surface area contributed by atoms with Gasteiger partial charge >= 0.3 is 19.3 Å². The Labute approximate surface area is 396 Å². The maximum Gasteiger partial charge on any atom is 0.327 e. The number of esters is 1. The number of fused-ring (bicyclic) bond motifs is 5. The largest absolute Gasteiger partial charge is 0.494 e. The fourth-order valence-electron chi connectivity index (χ4n) is 7.92. The molecule has 368 valence electrons. The Balaban J connectivity index is 0.873. The summed E-state index contributed by atoms with van der Waals surface area (Å²) in [6, 6.07) is 15.6. The van der Waals surface area contributed by atoms with Gasteiger partial charge in [0.1, 0.15) is 23.1 Å². The minimum atomic E-state index is -3.34. The lowest BCUT2D eigenvalue weighted by Crippen LogP contribution is -2.28. The van der Waals surface area contributed by atoms with Gasteiger partial charge in [-0.05, 0) is 86.2 Å². The number of rotatable bonds is 32. The first-order valence-electron chi connectivity index (χ1n) is 24.0. The molecule has 1 aromatic heterocycles. The Morgan fingerprint density at radius 3 is 2.29 bits per heavy atom. The summed E-state index contributed by atoms with van der Waals surface area (Å²) in [6.07, 6.45) is 11.2. The van der Waals surface area contributed by atoms with Crippen LogP contribution in [0.4, 0.5) is 17.1 Å². The molecule has 0 saturated heterocycles. The molecule has 0 bridgehead atoms. The van der Waals surface area contributed by atoms with Crippen molar-refractivity contribution < 1.29 is 46.6 Å². The van der Waals surface area contributed by atoms with Gasteiger partial charge in [-0.2, -0.15) is 0 Å². The highest BCUT2D eigenvalue weighted by atomic mass is 31.2. The number of aromatic nitrogens is 3. The number of benzene rings is 4. The first-order chi connectivity index (χ1) is 33.0. The van der Waals surface area contributed by atoms with Crippen LogP contribution >= 0.6 is 7.60 Å². The zero-order valence-corrected chi connectivity index (χ0v) is 40.6. The third-order valence-electron chi connectivity index (χ3n) is 11.6. The van der Waals surface area contributed by atoms with Crippen molar-refractivity contribution in [2.45, 2.75) is 110 Å². The van der Waals surface area contributed by atoms with Gasteiger partial charge in [0.15, 0.2) is 22.3 Å². The minimum Gasteiger partial charge on any atom is -0.494 e. The number of hydrogen-bond acceptors (Lipinski definition) is 17. The molecule has 0 amide bonds. The first-order valence-corrected chi connectivity index (χ1v) is 26.0. The average Bonchev–Trinajstić information content (AvgIpc) is 3.83. The molecule has 18 nitrogen and oxygen atoms in total. The molecule has 19 heteroatoms. The number of carbonyl (C=O) groups is 1. The summed E-state index contributed by atoms with van der Waals surface area (Å²) in [7, 11) is -3.34. The zero-order valence-electron chi connectivity index (χ0n) is 39.7. The van der Waals surface area contributed by atoms with Gasteiger partial charge in [-0.15, -0.1) is 0 Å². The van der Waals surface area contributed by atoms with Gasteiger partial charge in [-0.3, -0.25) is 24.3 Å². The van der Waals surface area contributed by atoms with Crippen molar-refractivity contribution in [1.82, 2.24) is 15.3 Å². The van der Waals surface area contributed by atoms with E-state index in [1.54, 1.807) is 24.3 Å². The van der Waals surface area contributed by atoms with Gasteiger partial charge in [0.05, 0.1) is 37.0 Å². The van der Waals surface area contributed by atoms with E-state index in [4.69, 9.17) is 37.3 Å². The molecule has 6 rings (SSSR count). The smallest absolute Gasteiger partial charge is 0.327 e. The third-order valence-corrected chi connectivity index (χ3v) is 12.8. The number of hydrogen-bond donors (Lipinski definition) is 1. The molecule has 1 aliphatic carbocycles. The highest BCUT2D eigenvalue weighted by molar-refractivity contribution is 7.52. The predicted octanol–water partition coefficient (Wildman–Crippen LogP) is 11.1. The molecular weight excluding hydrogens is 896 g/mol. The molecule has 2 heterocycles. The van der Waals surface area contributed by atoms with Crippen molar-refractivity contribution in [3.8, 4) is 17.2 Å². The summed E-state index contributed by atoms with van der Waals surface area (Å²) in [5.41, 5.74) is 3.73. The highest BCUT2D eigenvalue weighted by Crippen LogP contribution is 2.44.